The minimum absolute atomic E-state index is 0.180. The van der Waals surface area contributed by atoms with Gasteiger partial charge in [0.25, 0.3) is 5.91 Å². The summed E-state index contributed by atoms with van der Waals surface area (Å²) in [5.74, 6) is 0.854. The lowest BCUT2D eigenvalue weighted by atomic mass is 10.1. The van der Waals surface area contributed by atoms with Gasteiger partial charge in [-0.2, -0.15) is 5.10 Å². The van der Waals surface area contributed by atoms with Crippen LogP contribution in [-0.2, 0) is 10.5 Å². The van der Waals surface area contributed by atoms with Crippen LogP contribution in [0.2, 0.25) is 5.02 Å². The molecule has 0 radical (unpaired) electrons. The molecule has 0 bridgehead atoms. The number of aromatic nitrogens is 2. The van der Waals surface area contributed by atoms with Crippen LogP contribution in [0.4, 0.5) is 0 Å². The molecule has 9 heteroatoms. The van der Waals surface area contributed by atoms with Crippen LogP contribution in [0, 0.1) is 6.92 Å². The Balaban J connectivity index is 1.41. The number of hydrogen-bond acceptors (Lipinski definition) is 7. The molecule has 0 fully saturated rings. The van der Waals surface area contributed by atoms with Crippen molar-refractivity contribution in [1.29, 1.82) is 0 Å². The predicted octanol–water partition coefficient (Wildman–Crippen LogP) is 5.03. The molecule has 1 heterocycles. The summed E-state index contributed by atoms with van der Waals surface area (Å²) in [6.07, 6.45) is 1.65. The number of benzene rings is 2. The number of thioether (sulfide) groups is 2. The molecule has 28 heavy (non-hydrogen) atoms. The fourth-order valence-electron chi connectivity index (χ4n) is 2.10. The van der Waals surface area contributed by atoms with Crippen molar-refractivity contribution in [2.45, 2.75) is 21.4 Å². The molecule has 0 atom stereocenters. The first kappa shape index (κ1) is 20.9. The van der Waals surface area contributed by atoms with E-state index < -0.39 is 0 Å². The zero-order chi connectivity index (χ0) is 19.8. The molecule has 0 saturated carbocycles. The number of hydrazone groups is 1. The maximum Gasteiger partial charge on any atom is 0.250 e. The molecule has 3 rings (SSSR count). The smallest absolute Gasteiger partial charge is 0.250 e. The molecule has 1 N–H and O–H groups in total. The molecule has 0 aliphatic heterocycles. The van der Waals surface area contributed by atoms with Gasteiger partial charge in [0.2, 0.25) is 0 Å². The van der Waals surface area contributed by atoms with Gasteiger partial charge in [-0.1, -0.05) is 82.9 Å². The second-order valence-corrected chi connectivity index (χ2v) is 9.55. The summed E-state index contributed by atoms with van der Waals surface area (Å²) in [5, 5.41) is 13.0. The monoisotopic (exact) mass is 448 g/mol. The largest absolute Gasteiger partial charge is 0.272 e. The van der Waals surface area contributed by atoms with Gasteiger partial charge in [0.05, 0.1) is 12.0 Å². The number of nitrogens with zero attached hydrogens (tertiary/aromatic N) is 3. The molecular formula is C19H17ClN4OS3. The zero-order valence-corrected chi connectivity index (χ0v) is 18.2. The number of nitrogens with one attached hydrogen (secondary N) is 1. The van der Waals surface area contributed by atoms with Crippen LogP contribution in [0.1, 0.15) is 16.7 Å². The Bertz CT molecular complexity index is 960. The third kappa shape index (κ3) is 6.63. The van der Waals surface area contributed by atoms with E-state index in [1.807, 2.05) is 55.5 Å². The number of hydrogen-bond donors (Lipinski definition) is 1. The van der Waals surface area contributed by atoms with Gasteiger partial charge in [0.1, 0.15) is 0 Å². The highest BCUT2D eigenvalue weighted by Gasteiger charge is 2.08. The normalized spacial score (nSPS) is 11.1. The first-order valence-electron chi connectivity index (χ1n) is 8.31. The van der Waals surface area contributed by atoms with Crippen molar-refractivity contribution in [3.05, 3.63) is 70.2 Å². The SMILES string of the molecule is Cc1ccccc1/C=N/NC(=O)CSc1nnc(SCc2ccc(Cl)cc2)s1. The number of halogens is 1. The highest BCUT2D eigenvalue weighted by molar-refractivity contribution is 8.03. The van der Waals surface area contributed by atoms with Crippen LogP contribution in [0.15, 0.2) is 62.3 Å². The maximum absolute atomic E-state index is 11.9. The average molecular weight is 449 g/mol. The lowest BCUT2D eigenvalue weighted by molar-refractivity contribution is -0.118. The Labute approximate surface area is 181 Å². The lowest BCUT2D eigenvalue weighted by Crippen LogP contribution is -2.19. The van der Waals surface area contributed by atoms with Crippen molar-refractivity contribution in [1.82, 2.24) is 15.6 Å². The molecule has 0 spiro atoms. The van der Waals surface area contributed by atoms with Gasteiger partial charge in [-0.25, -0.2) is 5.43 Å². The molecule has 2 aromatic carbocycles. The van der Waals surface area contributed by atoms with Crippen LogP contribution >= 0.6 is 46.5 Å². The zero-order valence-electron chi connectivity index (χ0n) is 15.0. The van der Waals surface area contributed by atoms with Crippen molar-refractivity contribution >= 4 is 58.6 Å². The first-order chi connectivity index (χ1) is 13.6. The second-order valence-electron chi connectivity index (χ2n) is 5.69. The molecule has 144 valence electrons. The standard InChI is InChI=1S/C19H17ClN4OS3/c1-13-4-2-3-5-15(13)10-21-22-17(25)12-27-19-24-23-18(28-19)26-11-14-6-8-16(20)9-7-14/h2-10H,11-12H2,1H3,(H,22,25)/b21-10+. The van der Waals surface area contributed by atoms with E-state index in [4.69, 9.17) is 11.6 Å². The Hall–Kier alpha value is -1.87. The van der Waals surface area contributed by atoms with Gasteiger partial charge >= 0.3 is 0 Å². The van der Waals surface area contributed by atoms with Crippen molar-refractivity contribution in [3.8, 4) is 0 Å². The maximum atomic E-state index is 11.9. The summed E-state index contributed by atoms with van der Waals surface area (Å²) in [6, 6.07) is 15.6. The lowest BCUT2D eigenvalue weighted by Gasteiger charge is -1.99. The molecular weight excluding hydrogens is 432 g/mol. The van der Waals surface area contributed by atoms with E-state index in [0.717, 1.165) is 30.6 Å². The summed E-state index contributed by atoms with van der Waals surface area (Å²) in [5.41, 5.74) is 5.79. The summed E-state index contributed by atoms with van der Waals surface area (Å²) < 4.78 is 1.63. The van der Waals surface area contributed by atoms with Crippen LogP contribution in [0.5, 0.6) is 0 Å². The summed E-state index contributed by atoms with van der Waals surface area (Å²) in [4.78, 5) is 11.9. The summed E-state index contributed by atoms with van der Waals surface area (Å²) in [6.45, 7) is 2.00. The van der Waals surface area contributed by atoms with E-state index in [9.17, 15) is 4.79 Å². The van der Waals surface area contributed by atoms with E-state index in [-0.39, 0.29) is 11.7 Å². The minimum atomic E-state index is -0.180. The van der Waals surface area contributed by atoms with Crippen molar-refractivity contribution < 1.29 is 4.79 Å². The van der Waals surface area contributed by atoms with Crippen LogP contribution in [0.25, 0.3) is 0 Å². The van der Waals surface area contributed by atoms with Gasteiger partial charge in [-0.15, -0.1) is 10.2 Å². The van der Waals surface area contributed by atoms with Crippen molar-refractivity contribution in [3.63, 3.8) is 0 Å². The predicted molar refractivity (Wildman–Crippen MR) is 119 cm³/mol. The van der Waals surface area contributed by atoms with E-state index in [2.05, 4.69) is 20.7 Å². The molecule has 0 unspecified atom stereocenters. The van der Waals surface area contributed by atoms with E-state index in [1.54, 1.807) is 18.0 Å². The Kier molecular flexibility index (Phi) is 7.90. The van der Waals surface area contributed by atoms with Crippen LogP contribution in [0.3, 0.4) is 0 Å². The molecule has 3 aromatic rings. The third-order valence-corrected chi connectivity index (χ3v) is 7.08. The summed E-state index contributed by atoms with van der Waals surface area (Å²) >= 11 is 10.3. The Morgan fingerprint density at radius 2 is 1.86 bits per heavy atom. The summed E-state index contributed by atoms with van der Waals surface area (Å²) in [7, 11) is 0. The molecule has 0 saturated heterocycles. The number of rotatable bonds is 8. The average Bonchev–Trinajstić information content (AvgIpc) is 3.15. The highest BCUT2D eigenvalue weighted by atomic mass is 35.5. The molecule has 0 aliphatic rings. The van der Waals surface area contributed by atoms with Crippen molar-refractivity contribution in [2.24, 2.45) is 5.10 Å². The fraction of sp³-hybridized carbons (Fsp3) is 0.158. The minimum Gasteiger partial charge on any atom is -0.272 e. The van der Waals surface area contributed by atoms with Crippen LogP contribution in [-0.4, -0.2) is 28.1 Å². The Morgan fingerprint density at radius 3 is 2.61 bits per heavy atom. The molecule has 0 aliphatic carbocycles. The Morgan fingerprint density at radius 1 is 1.14 bits per heavy atom. The van der Waals surface area contributed by atoms with E-state index >= 15 is 0 Å². The van der Waals surface area contributed by atoms with Gasteiger partial charge < -0.3 is 0 Å². The van der Waals surface area contributed by atoms with Gasteiger partial charge in [0, 0.05) is 10.8 Å². The van der Waals surface area contributed by atoms with E-state index in [1.165, 1.54) is 28.7 Å². The van der Waals surface area contributed by atoms with Gasteiger partial charge in [-0.3, -0.25) is 4.79 Å². The number of carbonyl (C=O) groups is 1. The topological polar surface area (TPSA) is 67.2 Å². The molecule has 1 aromatic heterocycles. The highest BCUT2D eigenvalue weighted by Crippen LogP contribution is 2.30. The molecule has 1 amide bonds. The second kappa shape index (κ2) is 10.6. The van der Waals surface area contributed by atoms with Crippen molar-refractivity contribution in [2.75, 3.05) is 5.75 Å². The van der Waals surface area contributed by atoms with E-state index in [0.29, 0.717) is 0 Å². The number of carbonyl (C=O) groups excluding carboxylic acids is 1. The first-order valence-corrected chi connectivity index (χ1v) is 11.5. The third-order valence-electron chi connectivity index (χ3n) is 3.57. The molecule has 5 nitrogen and oxygen atoms in total. The van der Waals surface area contributed by atoms with Gasteiger partial charge in [-0.05, 0) is 35.7 Å². The quantitative estimate of drug-likeness (QED) is 0.297. The number of aryl methyl sites for hydroxylation is 1. The van der Waals surface area contributed by atoms with Gasteiger partial charge in [0.15, 0.2) is 8.68 Å². The fourth-order valence-corrected chi connectivity index (χ4v) is 5.00. The number of amides is 1. The van der Waals surface area contributed by atoms with Crippen LogP contribution < -0.4 is 5.43 Å².